The fourth-order valence-corrected chi connectivity index (χ4v) is 2.74. The molecular weight excluding hydrogens is 246 g/mol. The van der Waals surface area contributed by atoms with E-state index >= 15 is 0 Å². The Kier molecular flexibility index (Phi) is 3.40. The van der Waals surface area contributed by atoms with E-state index in [4.69, 9.17) is 5.11 Å². The summed E-state index contributed by atoms with van der Waals surface area (Å²) in [5.74, 6) is -0.395. The molecule has 16 heavy (non-hydrogen) atoms. The summed E-state index contributed by atoms with van der Waals surface area (Å²) in [4.78, 5) is 23.5. The quantitative estimate of drug-likeness (QED) is 0.808. The van der Waals surface area contributed by atoms with Gasteiger partial charge in [0.15, 0.2) is 0 Å². The van der Waals surface area contributed by atoms with Crippen LogP contribution in [0.25, 0.3) is 0 Å². The van der Waals surface area contributed by atoms with Crippen molar-refractivity contribution in [2.75, 3.05) is 16.8 Å². The fraction of sp³-hybridized carbons (Fsp3) is 0.200. The molecule has 0 radical (unpaired) electrons. The first kappa shape index (κ1) is 11.3. The van der Waals surface area contributed by atoms with Gasteiger partial charge >= 0.3 is 5.97 Å². The molecule has 1 aromatic rings. The van der Waals surface area contributed by atoms with Gasteiger partial charge in [-0.05, 0) is 18.2 Å². The number of nitrogens with one attached hydrogen (secondary N) is 1. The highest BCUT2D eigenvalue weighted by Gasteiger charge is 2.15. The van der Waals surface area contributed by atoms with E-state index in [0.717, 1.165) is 15.5 Å². The fourth-order valence-electron chi connectivity index (χ4n) is 1.30. The van der Waals surface area contributed by atoms with Gasteiger partial charge in [-0.25, -0.2) is 0 Å². The number of benzene rings is 1. The zero-order chi connectivity index (χ0) is 11.5. The SMILES string of the molecule is O=C(O)CSc1ccc2c(c1)NC(=O)CS2. The van der Waals surface area contributed by atoms with Crippen molar-refractivity contribution in [3.8, 4) is 0 Å². The molecular formula is C10H9NO3S2. The summed E-state index contributed by atoms with van der Waals surface area (Å²) in [6.45, 7) is 0. The number of carboxylic acid groups (broad SMARTS) is 1. The van der Waals surface area contributed by atoms with Crippen LogP contribution < -0.4 is 5.32 Å². The minimum absolute atomic E-state index is 0.0158. The number of amides is 1. The third kappa shape index (κ3) is 2.70. The van der Waals surface area contributed by atoms with Gasteiger partial charge < -0.3 is 10.4 Å². The molecule has 2 rings (SSSR count). The molecule has 0 aliphatic carbocycles. The van der Waals surface area contributed by atoms with Crippen molar-refractivity contribution in [1.82, 2.24) is 0 Å². The van der Waals surface area contributed by atoms with Gasteiger partial charge in [0.1, 0.15) is 0 Å². The summed E-state index contributed by atoms with van der Waals surface area (Å²) in [5, 5.41) is 11.3. The number of carbonyl (C=O) groups is 2. The van der Waals surface area contributed by atoms with Gasteiger partial charge in [0.2, 0.25) is 5.91 Å². The summed E-state index contributed by atoms with van der Waals surface area (Å²) < 4.78 is 0. The highest BCUT2D eigenvalue weighted by molar-refractivity contribution is 8.00. The van der Waals surface area contributed by atoms with Gasteiger partial charge in [-0.1, -0.05) is 0 Å². The Morgan fingerprint density at radius 1 is 1.56 bits per heavy atom. The molecule has 84 valence electrons. The van der Waals surface area contributed by atoms with E-state index in [1.807, 2.05) is 18.2 Å². The van der Waals surface area contributed by atoms with Crippen molar-refractivity contribution >= 4 is 41.1 Å². The Labute approximate surface area is 101 Å². The molecule has 2 N–H and O–H groups in total. The van der Waals surface area contributed by atoms with Crippen LogP contribution in [0.2, 0.25) is 0 Å². The minimum atomic E-state index is -0.846. The largest absolute Gasteiger partial charge is 0.481 e. The monoisotopic (exact) mass is 255 g/mol. The molecule has 0 saturated heterocycles. The Morgan fingerprint density at radius 3 is 3.12 bits per heavy atom. The Morgan fingerprint density at radius 2 is 2.38 bits per heavy atom. The summed E-state index contributed by atoms with van der Waals surface area (Å²) in [6.07, 6.45) is 0. The number of aliphatic carboxylic acids is 1. The second-order valence-electron chi connectivity index (χ2n) is 3.18. The second kappa shape index (κ2) is 4.80. The van der Waals surface area contributed by atoms with Crippen molar-refractivity contribution in [2.45, 2.75) is 9.79 Å². The topological polar surface area (TPSA) is 66.4 Å². The number of carbonyl (C=O) groups excluding carboxylic acids is 1. The number of fused-ring (bicyclic) bond motifs is 1. The third-order valence-corrected chi connectivity index (χ3v) is 4.00. The van der Waals surface area contributed by atoms with E-state index in [1.165, 1.54) is 23.5 Å². The van der Waals surface area contributed by atoms with Crippen LogP contribution >= 0.6 is 23.5 Å². The van der Waals surface area contributed by atoms with Crippen LogP contribution in [-0.4, -0.2) is 28.5 Å². The maximum absolute atomic E-state index is 11.2. The van der Waals surface area contributed by atoms with Crippen LogP contribution in [0, 0.1) is 0 Å². The molecule has 0 bridgehead atoms. The lowest BCUT2D eigenvalue weighted by molar-refractivity contribution is -0.133. The van der Waals surface area contributed by atoms with Crippen LogP contribution in [0.5, 0.6) is 0 Å². The van der Waals surface area contributed by atoms with Crippen molar-refractivity contribution in [2.24, 2.45) is 0 Å². The number of anilines is 1. The third-order valence-electron chi connectivity index (χ3n) is 1.95. The molecule has 0 atom stereocenters. The van der Waals surface area contributed by atoms with E-state index in [9.17, 15) is 9.59 Å². The Balaban J connectivity index is 2.14. The average molecular weight is 255 g/mol. The highest BCUT2D eigenvalue weighted by atomic mass is 32.2. The Bertz CT molecular complexity index is 448. The Hall–Kier alpha value is -1.14. The maximum Gasteiger partial charge on any atom is 0.313 e. The lowest BCUT2D eigenvalue weighted by atomic mass is 10.3. The summed E-state index contributed by atoms with van der Waals surface area (Å²) in [7, 11) is 0. The molecule has 0 aromatic heterocycles. The van der Waals surface area contributed by atoms with Crippen LogP contribution in [0.3, 0.4) is 0 Å². The second-order valence-corrected chi connectivity index (χ2v) is 5.24. The van der Waals surface area contributed by atoms with Crippen LogP contribution in [-0.2, 0) is 9.59 Å². The van der Waals surface area contributed by atoms with E-state index in [2.05, 4.69) is 5.32 Å². The summed E-state index contributed by atoms with van der Waals surface area (Å²) in [6, 6.07) is 5.59. The average Bonchev–Trinajstić information content (AvgIpc) is 2.25. The van der Waals surface area contributed by atoms with Crippen LogP contribution in [0.4, 0.5) is 5.69 Å². The van der Waals surface area contributed by atoms with Gasteiger partial charge in [0.05, 0.1) is 17.2 Å². The molecule has 4 nitrogen and oxygen atoms in total. The van der Waals surface area contributed by atoms with Gasteiger partial charge in [0.25, 0.3) is 0 Å². The van der Waals surface area contributed by atoms with Crippen molar-refractivity contribution < 1.29 is 14.7 Å². The van der Waals surface area contributed by atoms with Gasteiger partial charge in [-0.3, -0.25) is 9.59 Å². The van der Waals surface area contributed by atoms with Crippen LogP contribution in [0.15, 0.2) is 28.0 Å². The van der Waals surface area contributed by atoms with Crippen molar-refractivity contribution in [3.05, 3.63) is 18.2 Å². The molecule has 0 fully saturated rings. The number of thioether (sulfide) groups is 2. The number of rotatable bonds is 3. The first-order valence-electron chi connectivity index (χ1n) is 4.56. The van der Waals surface area contributed by atoms with E-state index in [-0.39, 0.29) is 11.7 Å². The molecule has 0 unspecified atom stereocenters. The lowest BCUT2D eigenvalue weighted by Gasteiger charge is -2.16. The standard InChI is InChI=1S/C10H9NO3S2/c12-9-4-16-8-2-1-6(3-7(8)11-9)15-5-10(13)14/h1-3H,4-5H2,(H,11,12)(H,13,14). The molecule has 1 amide bonds. The first-order chi connectivity index (χ1) is 7.65. The van der Waals surface area contributed by atoms with E-state index < -0.39 is 5.97 Å². The lowest BCUT2D eigenvalue weighted by Crippen LogP contribution is -2.18. The molecule has 1 aliphatic rings. The maximum atomic E-state index is 11.2. The van der Waals surface area contributed by atoms with Crippen LogP contribution in [0.1, 0.15) is 0 Å². The van der Waals surface area contributed by atoms with Gasteiger partial charge in [-0.2, -0.15) is 0 Å². The van der Waals surface area contributed by atoms with E-state index in [0.29, 0.717) is 5.75 Å². The van der Waals surface area contributed by atoms with E-state index in [1.54, 1.807) is 0 Å². The normalized spacial score (nSPS) is 14.1. The predicted octanol–water partition coefficient (Wildman–Crippen LogP) is 1.91. The molecule has 1 heterocycles. The van der Waals surface area contributed by atoms with Gasteiger partial charge in [-0.15, -0.1) is 23.5 Å². The minimum Gasteiger partial charge on any atom is -0.481 e. The molecule has 1 aromatic carbocycles. The highest BCUT2D eigenvalue weighted by Crippen LogP contribution is 2.34. The smallest absolute Gasteiger partial charge is 0.313 e. The zero-order valence-electron chi connectivity index (χ0n) is 8.23. The molecule has 1 aliphatic heterocycles. The van der Waals surface area contributed by atoms with Gasteiger partial charge in [0, 0.05) is 9.79 Å². The number of hydrogen-bond donors (Lipinski definition) is 2. The summed E-state index contributed by atoms with van der Waals surface area (Å²) in [5.41, 5.74) is 0.775. The van der Waals surface area contributed by atoms with Crippen molar-refractivity contribution in [1.29, 1.82) is 0 Å². The zero-order valence-corrected chi connectivity index (χ0v) is 9.86. The summed E-state index contributed by atoms with van der Waals surface area (Å²) >= 11 is 2.73. The predicted molar refractivity (Wildman–Crippen MR) is 64.2 cm³/mol. The number of hydrogen-bond acceptors (Lipinski definition) is 4. The number of carboxylic acids is 1. The first-order valence-corrected chi connectivity index (χ1v) is 6.53. The molecule has 6 heteroatoms. The van der Waals surface area contributed by atoms with Crippen molar-refractivity contribution in [3.63, 3.8) is 0 Å². The molecule has 0 saturated carbocycles. The molecule has 0 spiro atoms.